The Morgan fingerprint density at radius 2 is 2.26 bits per heavy atom. The van der Waals surface area contributed by atoms with E-state index in [1.54, 1.807) is 0 Å². The summed E-state index contributed by atoms with van der Waals surface area (Å²) in [5, 5.41) is 3.24. The van der Waals surface area contributed by atoms with Crippen LogP contribution in [0.1, 0.15) is 43.0 Å². The highest BCUT2D eigenvalue weighted by Gasteiger charge is 2.22. The number of nitrogens with two attached hydrogens (primary N) is 1. The van der Waals surface area contributed by atoms with Gasteiger partial charge < -0.3 is 11.1 Å². The Hall–Kier alpha value is -1.29. The monoisotopic (exact) mass is 281 g/mol. The summed E-state index contributed by atoms with van der Waals surface area (Å²) < 4.78 is 0. The average Bonchev–Trinajstić information content (AvgIpc) is 2.40. The van der Waals surface area contributed by atoms with Gasteiger partial charge in [0, 0.05) is 6.54 Å². The smallest absolute Gasteiger partial charge is 0.253 e. The molecule has 0 aromatic carbocycles. The standard InChI is InChI=1S/C14H20ClN3O/c1-9-4-2-3-5-10(9)7-18-14(19)11-6-13(15)17-8-12(11)16/h6,8-10H,2-5,7,16H2,1H3,(H,18,19). The molecular formula is C14H20ClN3O. The molecule has 1 fully saturated rings. The molecule has 0 aliphatic heterocycles. The number of halogens is 1. The minimum absolute atomic E-state index is 0.167. The zero-order chi connectivity index (χ0) is 13.8. The van der Waals surface area contributed by atoms with Gasteiger partial charge in [-0.3, -0.25) is 4.79 Å². The molecule has 1 aliphatic carbocycles. The van der Waals surface area contributed by atoms with Crippen molar-refractivity contribution < 1.29 is 4.79 Å². The molecule has 1 aromatic rings. The number of rotatable bonds is 3. The van der Waals surface area contributed by atoms with Gasteiger partial charge >= 0.3 is 0 Å². The van der Waals surface area contributed by atoms with Crippen molar-refractivity contribution in [3.8, 4) is 0 Å². The number of hydrogen-bond donors (Lipinski definition) is 2. The van der Waals surface area contributed by atoms with E-state index < -0.39 is 0 Å². The maximum absolute atomic E-state index is 12.1. The first-order valence-electron chi connectivity index (χ1n) is 6.77. The second-order valence-electron chi connectivity index (χ2n) is 5.33. The Balaban J connectivity index is 1.95. The molecule has 104 valence electrons. The van der Waals surface area contributed by atoms with Gasteiger partial charge in [-0.15, -0.1) is 0 Å². The summed E-state index contributed by atoms with van der Waals surface area (Å²) in [5.41, 5.74) is 6.51. The normalized spacial score (nSPS) is 23.1. The third kappa shape index (κ3) is 3.60. The van der Waals surface area contributed by atoms with Crippen molar-refractivity contribution in [2.75, 3.05) is 12.3 Å². The number of amides is 1. The Labute approximate surface area is 118 Å². The van der Waals surface area contributed by atoms with Crippen molar-refractivity contribution in [2.45, 2.75) is 32.6 Å². The Bertz CT molecular complexity index is 464. The molecule has 19 heavy (non-hydrogen) atoms. The lowest BCUT2D eigenvalue weighted by molar-refractivity contribution is 0.0937. The fraction of sp³-hybridized carbons (Fsp3) is 0.571. The first-order chi connectivity index (χ1) is 9.08. The van der Waals surface area contributed by atoms with Crippen molar-refractivity contribution in [1.82, 2.24) is 10.3 Å². The van der Waals surface area contributed by atoms with E-state index in [1.165, 1.54) is 37.9 Å². The predicted octanol–water partition coefficient (Wildman–Crippen LogP) is 2.87. The van der Waals surface area contributed by atoms with Gasteiger partial charge in [-0.1, -0.05) is 37.8 Å². The Morgan fingerprint density at radius 3 is 3.00 bits per heavy atom. The third-order valence-electron chi connectivity index (χ3n) is 3.96. The number of aromatic nitrogens is 1. The minimum Gasteiger partial charge on any atom is -0.397 e. The lowest BCUT2D eigenvalue weighted by atomic mass is 9.80. The van der Waals surface area contributed by atoms with Crippen LogP contribution in [0.25, 0.3) is 0 Å². The molecule has 1 amide bonds. The van der Waals surface area contributed by atoms with Crippen LogP contribution in [0.4, 0.5) is 5.69 Å². The van der Waals surface area contributed by atoms with Gasteiger partial charge in [0.15, 0.2) is 0 Å². The van der Waals surface area contributed by atoms with E-state index in [4.69, 9.17) is 17.3 Å². The van der Waals surface area contributed by atoms with Gasteiger partial charge in [-0.25, -0.2) is 4.98 Å². The summed E-state index contributed by atoms with van der Waals surface area (Å²) in [4.78, 5) is 15.9. The van der Waals surface area contributed by atoms with Gasteiger partial charge in [-0.2, -0.15) is 0 Å². The van der Waals surface area contributed by atoms with Crippen LogP contribution in [0.2, 0.25) is 5.15 Å². The molecular weight excluding hydrogens is 262 g/mol. The molecule has 0 radical (unpaired) electrons. The average molecular weight is 282 g/mol. The summed E-state index contributed by atoms with van der Waals surface area (Å²) in [5.74, 6) is 1.07. The molecule has 5 heteroatoms. The highest BCUT2D eigenvalue weighted by molar-refractivity contribution is 6.29. The van der Waals surface area contributed by atoms with E-state index in [0.29, 0.717) is 29.6 Å². The summed E-state index contributed by atoms with van der Waals surface area (Å²) in [6, 6.07) is 1.51. The van der Waals surface area contributed by atoms with Gasteiger partial charge in [0.25, 0.3) is 5.91 Å². The summed E-state index contributed by atoms with van der Waals surface area (Å²) in [7, 11) is 0. The SMILES string of the molecule is CC1CCCCC1CNC(=O)c1cc(Cl)ncc1N. The molecule has 0 saturated heterocycles. The molecule has 0 spiro atoms. The molecule has 1 saturated carbocycles. The number of nitrogens with zero attached hydrogens (tertiary/aromatic N) is 1. The van der Waals surface area contributed by atoms with E-state index in [1.807, 2.05) is 0 Å². The molecule has 1 aromatic heterocycles. The Kier molecular flexibility index (Phi) is 4.64. The molecule has 2 atom stereocenters. The van der Waals surface area contributed by atoms with Gasteiger partial charge in [0.05, 0.1) is 17.4 Å². The second kappa shape index (κ2) is 6.24. The van der Waals surface area contributed by atoms with Crippen LogP contribution in [0.5, 0.6) is 0 Å². The highest BCUT2D eigenvalue weighted by Crippen LogP contribution is 2.29. The largest absolute Gasteiger partial charge is 0.397 e. The lowest BCUT2D eigenvalue weighted by Crippen LogP contribution is -2.33. The second-order valence-corrected chi connectivity index (χ2v) is 5.71. The van der Waals surface area contributed by atoms with E-state index in [-0.39, 0.29) is 11.1 Å². The van der Waals surface area contributed by atoms with E-state index in [2.05, 4.69) is 17.2 Å². The first-order valence-corrected chi connectivity index (χ1v) is 7.15. The van der Waals surface area contributed by atoms with Gasteiger partial charge in [0.1, 0.15) is 5.15 Å². The van der Waals surface area contributed by atoms with E-state index in [0.717, 1.165) is 0 Å². The Morgan fingerprint density at radius 1 is 1.53 bits per heavy atom. The van der Waals surface area contributed by atoms with E-state index in [9.17, 15) is 4.79 Å². The van der Waals surface area contributed by atoms with Crippen LogP contribution in [0.15, 0.2) is 12.3 Å². The number of nitrogen functional groups attached to an aromatic ring is 1. The zero-order valence-corrected chi connectivity index (χ0v) is 11.9. The van der Waals surface area contributed by atoms with Crippen LogP contribution in [0, 0.1) is 11.8 Å². The van der Waals surface area contributed by atoms with Crippen LogP contribution in [0.3, 0.4) is 0 Å². The topological polar surface area (TPSA) is 68.0 Å². The first kappa shape index (κ1) is 14.1. The molecule has 3 N–H and O–H groups in total. The summed E-state index contributed by atoms with van der Waals surface area (Å²) in [6.07, 6.45) is 6.42. The fourth-order valence-corrected chi connectivity index (χ4v) is 2.81. The number of carbonyl (C=O) groups is 1. The number of anilines is 1. The van der Waals surface area contributed by atoms with Crippen LogP contribution in [-0.4, -0.2) is 17.4 Å². The number of carbonyl (C=O) groups excluding carboxylic acids is 1. The number of hydrogen-bond acceptors (Lipinski definition) is 3. The van der Waals surface area contributed by atoms with Crippen molar-refractivity contribution in [2.24, 2.45) is 11.8 Å². The van der Waals surface area contributed by atoms with Crippen molar-refractivity contribution >= 4 is 23.2 Å². The predicted molar refractivity (Wildman–Crippen MR) is 77.1 cm³/mol. The van der Waals surface area contributed by atoms with Crippen molar-refractivity contribution in [3.05, 3.63) is 23.0 Å². The lowest BCUT2D eigenvalue weighted by Gasteiger charge is -2.28. The van der Waals surface area contributed by atoms with Crippen molar-refractivity contribution in [3.63, 3.8) is 0 Å². The van der Waals surface area contributed by atoms with Crippen LogP contribution >= 0.6 is 11.6 Å². The zero-order valence-electron chi connectivity index (χ0n) is 11.2. The highest BCUT2D eigenvalue weighted by atomic mass is 35.5. The number of pyridine rings is 1. The molecule has 2 unspecified atom stereocenters. The minimum atomic E-state index is -0.167. The molecule has 0 bridgehead atoms. The third-order valence-corrected chi connectivity index (χ3v) is 4.17. The van der Waals surface area contributed by atoms with Crippen LogP contribution < -0.4 is 11.1 Å². The quantitative estimate of drug-likeness (QED) is 0.837. The van der Waals surface area contributed by atoms with Gasteiger partial charge in [-0.05, 0) is 24.3 Å². The molecule has 1 aliphatic rings. The fourth-order valence-electron chi connectivity index (χ4n) is 2.65. The van der Waals surface area contributed by atoms with Gasteiger partial charge in [0.2, 0.25) is 0 Å². The maximum Gasteiger partial charge on any atom is 0.253 e. The molecule has 1 heterocycles. The summed E-state index contributed by atoms with van der Waals surface area (Å²) >= 11 is 5.79. The van der Waals surface area contributed by atoms with Crippen LogP contribution in [-0.2, 0) is 0 Å². The maximum atomic E-state index is 12.1. The molecule has 2 rings (SSSR count). The molecule has 4 nitrogen and oxygen atoms in total. The van der Waals surface area contributed by atoms with Crippen molar-refractivity contribution in [1.29, 1.82) is 0 Å². The summed E-state index contributed by atoms with van der Waals surface area (Å²) in [6.45, 7) is 2.97. The number of nitrogens with one attached hydrogen (secondary N) is 1. The van der Waals surface area contributed by atoms with E-state index >= 15 is 0 Å².